The van der Waals surface area contributed by atoms with Crippen LogP contribution in [-0.4, -0.2) is 40.9 Å². The summed E-state index contributed by atoms with van der Waals surface area (Å²) >= 11 is 0. The molecule has 1 heterocycles. The minimum atomic E-state index is -3.07. The van der Waals surface area contributed by atoms with Crippen molar-refractivity contribution in [3.63, 3.8) is 0 Å². The topological polar surface area (TPSA) is 67.4 Å². The highest BCUT2D eigenvalue weighted by molar-refractivity contribution is 7.88. The molecule has 0 aliphatic carbocycles. The molecule has 2 N–H and O–H groups in total. The molecule has 0 fully saturated rings. The molecule has 20 heavy (non-hydrogen) atoms. The van der Waals surface area contributed by atoms with Crippen molar-refractivity contribution in [3.8, 4) is 5.75 Å². The first-order valence-corrected chi connectivity index (χ1v) is 8.82. The number of benzene rings is 1. The molecule has 1 atom stereocenters. The lowest BCUT2D eigenvalue weighted by atomic mass is 9.93. The van der Waals surface area contributed by atoms with Crippen LogP contribution in [-0.2, 0) is 10.0 Å². The van der Waals surface area contributed by atoms with E-state index in [-0.39, 0.29) is 0 Å². The zero-order chi connectivity index (χ0) is 14.4. The second kappa shape index (κ2) is 7.06. The summed E-state index contributed by atoms with van der Waals surface area (Å²) in [6.07, 6.45) is 2.99. The van der Waals surface area contributed by atoms with E-state index in [1.165, 1.54) is 11.8 Å². The molecule has 1 aliphatic heterocycles. The van der Waals surface area contributed by atoms with Crippen molar-refractivity contribution in [2.45, 2.75) is 18.8 Å². The third kappa shape index (κ3) is 4.77. The Bertz CT molecular complexity index is 531. The van der Waals surface area contributed by atoms with Crippen molar-refractivity contribution in [3.05, 3.63) is 29.8 Å². The number of rotatable bonds is 7. The maximum atomic E-state index is 10.9. The SMILES string of the molecule is CS(=O)(=O)NCCCNCC1CCOc2ccccc21. The van der Waals surface area contributed by atoms with Crippen molar-refractivity contribution in [2.24, 2.45) is 0 Å². The third-order valence-corrected chi connectivity index (χ3v) is 4.10. The summed E-state index contributed by atoms with van der Waals surface area (Å²) in [5.74, 6) is 1.46. The highest BCUT2D eigenvalue weighted by Gasteiger charge is 2.20. The molecule has 0 bridgehead atoms. The summed E-state index contributed by atoms with van der Waals surface area (Å²) in [6.45, 7) is 2.95. The van der Waals surface area contributed by atoms with Gasteiger partial charge in [0.1, 0.15) is 5.75 Å². The smallest absolute Gasteiger partial charge is 0.208 e. The Morgan fingerprint density at radius 2 is 2.10 bits per heavy atom. The van der Waals surface area contributed by atoms with E-state index in [0.29, 0.717) is 12.5 Å². The quantitative estimate of drug-likeness (QED) is 0.739. The van der Waals surface area contributed by atoms with E-state index in [2.05, 4.69) is 16.1 Å². The minimum Gasteiger partial charge on any atom is -0.493 e. The number of para-hydroxylation sites is 1. The number of sulfonamides is 1. The van der Waals surface area contributed by atoms with Crippen molar-refractivity contribution in [1.82, 2.24) is 10.0 Å². The van der Waals surface area contributed by atoms with Crippen molar-refractivity contribution in [2.75, 3.05) is 32.5 Å². The van der Waals surface area contributed by atoms with Crippen LogP contribution in [0.25, 0.3) is 0 Å². The van der Waals surface area contributed by atoms with Crippen LogP contribution < -0.4 is 14.8 Å². The Labute approximate surface area is 120 Å². The predicted octanol–water partition coefficient (Wildman–Crippen LogP) is 1.08. The zero-order valence-corrected chi connectivity index (χ0v) is 12.6. The normalized spacial score (nSPS) is 18.4. The van der Waals surface area contributed by atoms with E-state index in [1.54, 1.807) is 0 Å². The van der Waals surface area contributed by atoms with Gasteiger partial charge in [0.05, 0.1) is 12.9 Å². The van der Waals surface area contributed by atoms with E-state index < -0.39 is 10.0 Å². The first-order chi connectivity index (χ1) is 9.56. The van der Waals surface area contributed by atoms with Crippen LogP contribution >= 0.6 is 0 Å². The molecule has 112 valence electrons. The average molecular weight is 298 g/mol. The molecule has 1 aromatic rings. The summed E-state index contributed by atoms with van der Waals surface area (Å²) in [4.78, 5) is 0. The lowest BCUT2D eigenvalue weighted by Gasteiger charge is -2.26. The van der Waals surface area contributed by atoms with Gasteiger partial charge in [-0.2, -0.15) is 0 Å². The lowest BCUT2D eigenvalue weighted by molar-refractivity contribution is 0.264. The summed E-state index contributed by atoms with van der Waals surface area (Å²) in [5.41, 5.74) is 1.26. The van der Waals surface area contributed by atoms with Crippen molar-refractivity contribution in [1.29, 1.82) is 0 Å². The Balaban J connectivity index is 1.70. The monoisotopic (exact) mass is 298 g/mol. The van der Waals surface area contributed by atoms with Gasteiger partial charge in [-0.1, -0.05) is 18.2 Å². The van der Waals surface area contributed by atoms with Crippen LogP contribution in [0.4, 0.5) is 0 Å². The summed E-state index contributed by atoms with van der Waals surface area (Å²) in [6, 6.07) is 8.16. The van der Waals surface area contributed by atoms with E-state index >= 15 is 0 Å². The Kier molecular flexibility index (Phi) is 5.39. The molecule has 0 amide bonds. The van der Waals surface area contributed by atoms with E-state index in [1.807, 2.05) is 18.2 Å². The van der Waals surface area contributed by atoms with Gasteiger partial charge < -0.3 is 10.1 Å². The van der Waals surface area contributed by atoms with Gasteiger partial charge >= 0.3 is 0 Å². The average Bonchev–Trinajstić information content (AvgIpc) is 2.41. The molecule has 0 aromatic heterocycles. The Hall–Kier alpha value is -1.11. The molecule has 6 heteroatoms. The number of ether oxygens (including phenoxy) is 1. The van der Waals surface area contributed by atoms with Gasteiger partial charge in [-0.15, -0.1) is 0 Å². The van der Waals surface area contributed by atoms with Crippen LogP contribution in [0.2, 0.25) is 0 Å². The second-order valence-corrected chi connectivity index (χ2v) is 6.93. The number of nitrogens with one attached hydrogen (secondary N) is 2. The van der Waals surface area contributed by atoms with Crippen LogP contribution in [0.3, 0.4) is 0 Å². The molecule has 1 aliphatic rings. The molecule has 2 rings (SSSR count). The predicted molar refractivity (Wildman–Crippen MR) is 79.6 cm³/mol. The number of hydrogen-bond acceptors (Lipinski definition) is 4. The highest BCUT2D eigenvalue weighted by atomic mass is 32.2. The largest absolute Gasteiger partial charge is 0.493 e. The fraction of sp³-hybridized carbons (Fsp3) is 0.571. The molecular weight excluding hydrogens is 276 g/mol. The fourth-order valence-corrected chi connectivity index (χ4v) is 2.89. The molecule has 1 aromatic carbocycles. The van der Waals surface area contributed by atoms with Gasteiger partial charge in [-0.3, -0.25) is 0 Å². The highest BCUT2D eigenvalue weighted by Crippen LogP contribution is 2.32. The van der Waals surface area contributed by atoms with Gasteiger partial charge in [-0.05, 0) is 31.0 Å². The third-order valence-electron chi connectivity index (χ3n) is 3.37. The summed E-state index contributed by atoms with van der Waals surface area (Å²) in [5, 5.41) is 3.39. The first kappa shape index (κ1) is 15.3. The molecule has 1 unspecified atom stereocenters. The van der Waals surface area contributed by atoms with Gasteiger partial charge in [0, 0.05) is 19.0 Å². The van der Waals surface area contributed by atoms with Crippen LogP contribution in [0.1, 0.15) is 24.3 Å². The maximum absolute atomic E-state index is 10.9. The molecule has 0 radical (unpaired) electrons. The van der Waals surface area contributed by atoms with Gasteiger partial charge in [-0.25, -0.2) is 13.1 Å². The Morgan fingerprint density at radius 3 is 2.90 bits per heavy atom. The molecule has 0 saturated carbocycles. The molecule has 5 nitrogen and oxygen atoms in total. The minimum absolute atomic E-state index is 0.475. The van der Waals surface area contributed by atoms with Crippen LogP contribution in [0.5, 0.6) is 5.75 Å². The second-order valence-electron chi connectivity index (χ2n) is 5.10. The summed E-state index contributed by atoms with van der Waals surface area (Å²) < 4.78 is 29.9. The maximum Gasteiger partial charge on any atom is 0.208 e. The van der Waals surface area contributed by atoms with Gasteiger partial charge in [0.2, 0.25) is 10.0 Å². The number of fused-ring (bicyclic) bond motifs is 1. The molecular formula is C14H22N2O3S. The number of hydrogen-bond donors (Lipinski definition) is 2. The Morgan fingerprint density at radius 1 is 1.30 bits per heavy atom. The van der Waals surface area contributed by atoms with E-state index in [4.69, 9.17) is 4.74 Å². The first-order valence-electron chi connectivity index (χ1n) is 6.93. The van der Waals surface area contributed by atoms with Gasteiger partial charge in [0.25, 0.3) is 0 Å². The van der Waals surface area contributed by atoms with Crippen LogP contribution in [0.15, 0.2) is 24.3 Å². The van der Waals surface area contributed by atoms with Crippen molar-refractivity contribution < 1.29 is 13.2 Å². The molecule has 0 saturated heterocycles. The van der Waals surface area contributed by atoms with Crippen LogP contribution in [0, 0.1) is 0 Å². The summed E-state index contributed by atoms with van der Waals surface area (Å²) in [7, 11) is -3.07. The van der Waals surface area contributed by atoms with E-state index in [9.17, 15) is 8.42 Å². The van der Waals surface area contributed by atoms with E-state index in [0.717, 1.165) is 38.3 Å². The lowest BCUT2D eigenvalue weighted by Crippen LogP contribution is -2.29. The standard InChI is InChI=1S/C14H22N2O3S/c1-20(17,18)16-9-4-8-15-11-12-7-10-19-14-6-3-2-5-13(12)14/h2-3,5-6,12,15-16H,4,7-11H2,1H3. The molecule has 0 spiro atoms. The van der Waals surface area contributed by atoms with Gasteiger partial charge in [0.15, 0.2) is 0 Å². The zero-order valence-electron chi connectivity index (χ0n) is 11.8. The van der Waals surface area contributed by atoms with Crippen molar-refractivity contribution >= 4 is 10.0 Å². The fourth-order valence-electron chi connectivity index (χ4n) is 2.38.